The van der Waals surface area contributed by atoms with Crippen molar-refractivity contribution in [3.8, 4) is 0 Å². The van der Waals surface area contributed by atoms with Crippen LogP contribution in [0.3, 0.4) is 0 Å². The number of likely N-dealkylation sites (tertiary alicyclic amines) is 2. The van der Waals surface area contributed by atoms with E-state index in [2.05, 4.69) is 5.32 Å². The second-order valence-electron chi connectivity index (χ2n) is 8.69. The van der Waals surface area contributed by atoms with E-state index in [0.717, 1.165) is 19.3 Å². The number of carbonyl (C=O) groups is 3. The number of carbonyl (C=O) groups excluding carboxylic acids is 3. The molecule has 0 saturated carbocycles. The molecule has 2 saturated heterocycles. The van der Waals surface area contributed by atoms with Gasteiger partial charge in [0.2, 0.25) is 11.8 Å². The molecule has 4 rings (SSSR count). The summed E-state index contributed by atoms with van der Waals surface area (Å²) in [6, 6.07) is 13.5. The number of benzene rings is 1. The van der Waals surface area contributed by atoms with Crippen molar-refractivity contribution in [2.75, 3.05) is 26.2 Å². The number of furan rings is 1. The van der Waals surface area contributed by atoms with Gasteiger partial charge in [-0.3, -0.25) is 14.4 Å². The first-order valence-electron chi connectivity index (χ1n) is 11.5. The van der Waals surface area contributed by atoms with E-state index in [1.165, 1.54) is 11.8 Å². The number of nitrogens with one attached hydrogen (secondary N) is 1. The summed E-state index contributed by atoms with van der Waals surface area (Å²) in [7, 11) is 0. The van der Waals surface area contributed by atoms with Gasteiger partial charge in [0.25, 0.3) is 5.91 Å². The predicted octanol–water partition coefficient (Wildman–Crippen LogP) is 2.87. The Morgan fingerprint density at radius 2 is 1.56 bits per heavy atom. The van der Waals surface area contributed by atoms with Gasteiger partial charge < -0.3 is 19.5 Å². The third kappa shape index (κ3) is 5.58. The Morgan fingerprint density at radius 3 is 2.22 bits per heavy atom. The number of amides is 3. The Hall–Kier alpha value is -3.09. The van der Waals surface area contributed by atoms with Crippen LogP contribution in [0.15, 0.2) is 53.1 Å². The molecule has 32 heavy (non-hydrogen) atoms. The number of nitrogens with zero attached hydrogens (tertiary/aromatic N) is 2. The fourth-order valence-corrected chi connectivity index (χ4v) is 4.55. The van der Waals surface area contributed by atoms with Crippen LogP contribution >= 0.6 is 0 Å². The first-order valence-corrected chi connectivity index (χ1v) is 11.5. The molecule has 7 nitrogen and oxygen atoms in total. The SMILES string of the molecule is O=C(NC1CCN(C(=O)c2ccco2)CC1)C1CCN(C(=O)CCc2ccccc2)CC1. The summed E-state index contributed by atoms with van der Waals surface area (Å²) < 4.78 is 5.19. The van der Waals surface area contributed by atoms with Crippen LogP contribution in [0, 0.1) is 5.92 Å². The predicted molar refractivity (Wildman–Crippen MR) is 120 cm³/mol. The third-order valence-corrected chi connectivity index (χ3v) is 6.55. The average molecular weight is 438 g/mol. The fraction of sp³-hybridized carbons (Fsp3) is 0.480. The van der Waals surface area contributed by atoms with Gasteiger partial charge in [-0.25, -0.2) is 0 Å². The van der Waals surface area contributed by atoms with Crippen molar-refractivity contribution < 1.29 is 18.8 Å². The van der Waals surface area contributed by atoms with Crippen LogP contribution in [-0.4, -0.2) is 59.7 Å². The van der Waals surface area contributed by atoms with Gasteiger partial charge in [-0.15, -0.1) is 0 Å². The molecular formula is C25H31N3O4. The third-order valence-electron chi connectivity index (χ3n) is 6.55. The van der Waals surface area contributed by atoms with Crippen LogP contribution < -0.4 is 5.32 Å². The summed E-state index contributed by atoms with van der Waals surface area (Å²) in [6.45, 7) is 2.50. The van der Waals surface area contributed by atoms with E-state index in [-0.39, 0.29) is 29.7 Å². The highest BCUT2D eigenvalue weighted by atomic mass is 16.3. The van der Waals surface area contributed by atoms with Gasteiger partial charge in [0.1, 0.15) is 0 Å². The maximum absolute atomic E-state index is 12.7. The zero-order valence-electron chi connectivity index (χ0n) is 18.4. The zero-order valence-corrected chi connectivity index (χ0v) is 18.4. The van der Waals surface area contributed by atoms with E-state index in [1.54, 1.807) is 17.0 Å². The van der Waals surface area contributed by atoms with Crippen LogP contribution in [0.1, 0.15) is 48.2 Å². The van der Waals surface area contributed by atoms with Crippen LogP contribution in [0.5, 0.6) is 0 Å². The molecule has 0 unspecified atom stereocenters. The summed E-state index contributed by atoms with van der Waals surface area (Å²) in [5.41, 5.74) is 1.17. The zero-order chi connectivity index (χ0) is 22.3. The lowest BCUT2D eigenvalue weighted by atomic mass is 9.94. The van der Waals surface area contributed by atoms with Crippen molar-refractivity contribution in [2.45, 2.75) is 44.6 Å². The number of aryl methyl sites for hydroxylation is 1. The molecule has 7 heteroatoms. The number of rotatable bonds is 6. The lowest BCUT2D eigenvalue weighted by Gasteiger charge is -2.35. The van der Waals surface area contributed by atoms with Gasteiger partial charge >= 0.3 is 0 Å². The van der Waals surface area contributed by atoms with Gasteiger partial charge in [0.05, 0.1) is 6.26 Å². The summed E-state index contributed by atoms with van der Waals surface area (Å²) in [5, 5.41) is 3.17. The van der Waals surface area contributed by atoms with E-state index in [1.807, 2.05) is 35.2 Å². The number of piperidine rings is 2. The largest absolute Gasteiger partial charge is 0.459 e. The summed E-state index contributed by atoms with van der Waals surface area (Å²) in [6.07, 6.45) is 5.67. The minimum Gasteiger partial charge on any atom is -0.459 e. The highest BCUT2D eigenvalue weighted by molar-refractivity contribution is 5.91. The average Bonchev–Trinajstić information content (AvgIpc) is 3.38. The molecule has 0 atom stereocenters. The molecule has 2 aliphatic heterocycles. The second-order valence-corrected chi connectivity index (χ2v) is 8.69. The molecule has 0 radical (unpaired) electrons. The molecule has 170 valence electrons. The summed E-state index contributed by atoms with van der Waals surface area (Å²) in [4.78, 5) is 41.3. The molecule has 0 aliphatic carbocycles. The van der Waals surface area contributed by atoms with Crippen molar-refractivity contribution >= 4 is 17.7 Å². The van der Waals surface area contributed by atoms with E-state index in [0.29, 0.717) is 51.2 Å². The molecule has 1 aromatic carbocycles. The van der Waals surface area contributed by atoms with E-state index in [9.17, 15) is 14.4 Å². The molecule has 2 aromatic rings. The van der Waals surface area contributed by atoms with Crippen molar-refractivity contribution in [3.05, 3.63) is 60.1 Å². The molecule has 2 fully saturated rings. The Morgan fingerprint density at radius 1 is 0.875 bits per heavy atom. The van der Waals surface area contributed by atoms with Crippen molar-refractivity contribution in [1.29, 1.82) is 0 Å². The van der Waals surface area contributed by atoms with Crippen LogP contribution in [-0.2, 0) is 16.0 Å². The highest BCUT2D eigenvalue weighted by Gasteiger charge is 2.30. The molecule has 1 N–H and O–H groups in total. The van der Waals surface area contributed by atoms with Crippen molar-refractivity contribution in [3.63, 3.8) is 0 Å². The first kappa shape index (κ1) is 22.1. The molecule has 2 aliphatic rings. The van der Waals surface area contributed by atoms with E-state index >= 15 is 0 Å². The topological polar surface area (TPSA) is 82.9 Å². The lowest BCUT2D eigenvalue weighted by molar-refractivity contribution is -0.135. The number of hydrogen-bond donors (Lipinski definition) is 1. The molecule has 3 heterocycles. The Balaban J connectivity index is 1.16. The van der Waals surface area contributed by atoms with E-state index in [4.69, 9.17) is 4.42 Å². The standard InChI is InChI=1S/C25H31N3O4/c29-23(9-8-19-5-2-1-3-6-19)27-14-10-20(11-15-27)24(30)26-21-12-16-28(17-13-21)25(31)22-7-4-18-32-22/h1-7,18,20-21H,8-17H2,(H,26,30). The van der Waals surface area contributed by atoms with Crippen LogP contribution in [0.2, 0.25) is 0 Å². The van der Waals surface area contributed by atoms with Gasteiger partial charge in [-0.2, -0.15) is 0 Å². The molecule has 3 amide bonds. The second kappa shape index (κ2) is 10.5. The molecule has 1 aromatic heterocycles. The monoisotopic (exact) mass is 437 g/mol. The van der Waals surface area contributed by atoms with Crippen molar-refractivity contribution in [2.24, 2.45) is 5.92 Å². The van der Waals surface area contributed by atoms with Crippen LogP contribution in [0.25, 0.3) is 0 Å². The van der Waals surface area contributed by atoms with Gasteiger partial charge in [-0.1, -0.05) is 30.3 Å². The maximum Gasteiger partial charge on any atom is 0.289 e. The molecule has 0 spiro atoms. The Bertz CT molecular complexity index is 897. The van der Waals surface area contributed by atoms with Gasteiger partial charge in [0.15, 0.2) is 5.76 Å². The van der Waals surface area contributed by atoms with Gasteiger partial charge in [-0.05, 0) is 49.8 Å². The molecule has 0 bridgehead atoms. The summed E-state index contributed by atoms with van der Waals surface area (Å²) >= 11 is 0. The highest BCUT2D eigenvalue weighted by Crippen LogP contribution is 2.20. The van der Waals surface area contributed by atoms with Crippen molar-refractivity contribution in [1.82, 2.24) is 15.1 Å². The Kier molecular flexibility index (Phi) is 7.24. The smallest absolute Gasteiger partial charge is 0.289 e. The minimum atomic E-state index is -0.0934. The number of hydrogen-bond acceptors (Lipinski definition) is 4. The Labute approximate surface area is 188 Å². The minimum absolute atomic E-state index is 0.0454. The normalized spacial score (nSPS) is 17.9. The van der Waals surface area contributed by atoms with Gasteiger partial charge in [0, 0.05) is 44.6 Å². The maximum atomic E-state index is 12.7. The first-order chi connectivity index (χ1) is 15.6. The quantitative estimate of drug-likeness (QED) is 0.753. The van der Waals surface area contributed by atoms with E-state index < -0.39 is 0 Å². The van der Waals surface area contributed by atoms with Crippen LogP contribution in [0.4, 0.5) is 0 Å². The lowest BCUT2D eigenvalue weighted by Crippen LogP contribution is -2.49. The fourth-order valence-electron chi connectivity index (χ4n) is 4.55. The molecular weight excluding hydrogens is 406 g/mol. The summed E-state index contributed by atoms with van der Waals surface area (Å²) in [5.74, 6) is 0.469.